The van der Waals surface area contributed by atoms with Crippen molar-refractivity contribution >= 4 is 22.0 Å². The smallest absolute Gasteiger partial charge is 0.247 e. The van der Waals surface area contributed by atoms with Gasteiger partial charge in [0, 0.05) is 31.3 Å². The van der Waals surface area contributed by atoms with Crippen molar-refractivity contribution in [3.63, 3.8) is 0 Å². The van der Waals surface area contributed by atoms with E-state index in [0.717, 1.165) is 53.8 Å². The van der Waals surface area contributed by atoms with Crippen LogP contribution in [0.4, 0.5) is 0 Å². The monoisotopic (exact) mass is 433 g/mol. The third kappa shape index (κ3) is 11.4. The van der Waals surface area contributed by atoms with Crippen LogP contribution in [0, 0.1) is 0 Å². The minimum atomic E-state index is -3.31. The fourth-order valence-electron chi connectivity index (χ4n) is 2.43. The molecule has 0 unspecified atom stereocenters. The predicted molar refractivity (Wildman–Crippen MR) is 120 cm³/mol. The van der Waals surface area contributed by atoms with Gasteiger partial charge in [0.1, 0.15) is 18.6 Å². The minimum Gasteiger partial charge on any atom is -0.490 e. The van der Waals surface area contributed by atoms with Crippen LogP contribution in [-0.4, -0.2) is 52.0 Å². The topological polar surface area (TPSA) is 80.8 Å². The quantitative estimate of drug-likeness (QED) is 0.286. The Morgan fingerprint density at radius 2 is 1.80 bits per heavy atom. The molecule has 1 amide bonds. The number of amides is 1. The summed E-state index contributed by atoms with van der Waals surface area (Å²) < 4.78 is 27.9. The first-order chi connectivity index (χ1) is 14.1. The lowest BCUT2D eigenvalue weighted by Crippen LogP contribution is -2.27. The van der Waals surface area contributed by atoms with Gasteiger partial charge in [-0.05, 0) is 62.5 Å². The summed E-state index contributed by atoms with van der Waals surface area (Å²) in [5, 5.41) is 0.914. The SMILES string of the molecule is CC(C=O)=CCCC(C)=CCOc1ccc(CCN(C)C(=O)C=CS(C)(=O)=O)cc1. The molecule has 0 aliphatic heterocycles. The second kappa shape index (κ2) is 12.8. The maximum atomic E-state index is 11.9. The summed E-state index contributed by atoms with van der Waals surface area (Å²) >= 11 is 0. The molecule has 0 atom stereocenters. The van der Waals surface area contributed by atoms with E-state index in [1.165, 1.54) is 10.5 Å². The van der Waals surface area contributed by atoms with Gasteiger partial charge >= 0.3 is 0 Å². The van der Waals surface area contributed by atoms with E-state index in [9.17, 15) is 18.0 Å². The lowest BCUT2D eigenvalue weighted by atomic mass is 10.1. The van der Waals surface area contributed by atoms with Crippen LogP contribution in [0.1, 0.15) is 32.3 Å². The van der Waals surface area contributed by atoms with Crippen molar-refractivity contribution < 1.29 is 22.7 Å². The van der Waals surface area contributed by atoms with Gasteiger partial charge < -0.3 is 9.64 Å². The second-order valence-electron chi connectivity index (χ2n) is 7.25. The van der Waals surface area contributed by atoms with Crippen LogP contribution in [-0.2, 0) is 25.8 Å². The standard InChI is InChI=1S/C23H31NO5S/c1-19(6-5-7-20(2)18-25)13-16-29-22-10-8-21(9-11-22)12-15-24(3)23(26)14-17-30(4,27)28/h7-11,13-14,17-18H,5-6,12,15-16H2,1-4H3. The van der Waals surface area contributed by atoms with Gasteiger partial charge in [-0.2, -0.15) is 0 Å². The number of hydrogen-bond acceptors (Lipinski definition) is 5. The molecule has 0 N–H and O–H groups in total. The van der Waals surface area contributed by atoms with Crippen molar-refractivity contribution in [3.05, 3.63) is 64.6 Å². The average Bonchev–Trinajstić information content (AvgIpc) is 2.70. The van der Waals surface area contributed by atoms with Gasteiger partial charge in [0.25, 0.3) is 0 Å². The molecular formula is C23H31NO5S. The highest BCUT2D eigenvalue weighted by Gasteiger charge is 2.06. The zero-order valence-corrected chi connectivity index (χ0v) is 18.9. The summed E-state index contributed by atoms with van der Waals surface area (Å²) in [6.07, 6.45) is 9.31. The first-order valence-electron chi connectivity index (χ1n) is 9.73. The Morgan fingerprint density at radius 1 is 1.13 bits per heavy atom. The minimum absolute atomic E-state index is 0.348. The van der Waals surface area contributed by atoms with Crippen molar-refractivity contribution in [2.45, 2.75) is 33.1 Å². The van der Waals surface area contributed by atoms with Crippen molar-refractivity contribution in [1.29, 1.82) is 0 Å². The number of hydrogen-bond donors (Lipinski definition) is 0. The molecule has 0 saturated carbocycles. The van der Waals surface area contributed by atoms with Gasteiger partial charge in [0.2, 0.25) is 5.91 Å². The van der Waals surface area contributed by atoms with Gasteiger partial charge in [-0.3, -0.25) is 9.59 Å². The number of allylic oxidation sites excluding steroid dienone is 3. The molecule has 0 heterocycles. The van der Waals surface area contributed by atoms with Gasteiger partial charge in [0.05, 0.1) is 0 Å². The molecule has 30 heavy (non-hydrogen) atoms. The summed E-state index contributed by atoms with van der Waals surface area (Å²) in [5.74, 6) is 0.416. The van der Waals surface area contributed by atoms with Crippen LogP contribution in [0.2, 0.25) is 0 Å². The van der Waals surface area contributed by atoms with E-state index in [1.807, 2.05) is 43.3 Å². The molecule has 1 aromatic carbocycles. The Morgan fingerprint density at radius 3 is 2.40 bits per heavy atom. The lowest BCUT2D eigenvalue weighted by molar-refractivity contribution is -0.124. The number of aldehydes is 1. The lowest BCUT2D eigenvalue weighted by Gasteiger charge is -2.15. The molecule has 6 nitrogen and oxygen atoms in total. The molecule has 164 valence electrons. The van der Waals surface area contributed by atoms with Crippen LogP contribution in [0.5, 0.6) is 5.75 Å². The van der Waals surface area contributed by atoms with Gasteiger partial charge in [-0.1, -0.05) is 23.8 Å². The van der Waals surface area contributed by atoms with E-state index in [1.54, 1.807) is 14.0 Å². The van der Waals surface area contributed by atoms with Crippen LogP contribution < -0.4 is 4.74 Å². The molecule has 0 radical (unpaired) electrons. The molecule has 0 aromatic heterocycles. The summed E-state index contributed by atoms with van der Waals surface area (Å²) in [6.45, 7) is 4.79. The molecule has 7 heteroatoms. The Hall–Kier alpha value is -2.67. The number of likely N-dealkylation sites (N-methyl/N-ethyl adjacent to an activating group) is 1. The fraction of sp³-hybridized carbons (Fsp3) is 0.391. The summed E-state index contributed by atoms with van der Waals surface area (Å²) in [7, 11) is -1.67. The fourth-order valence-corrected chi connectivity index (χ4v) is 2.79. The number of carbonyl (C=O) groups excluding carboxylic acids is 2. The normalized spacial score (nSPS) is 12.8. The van der Waals surface area contributed by atoms with E-state index in [2.05, 4.69) is 0 Å². The van der Waals surface area contributed by atoms with Crippen LogP contribution >= 0.6 is 0 Å². The zero-order chi connectivity index (χ0) is 22.6. The second-order valence-corrected chi connectivity index (χ2v) is 9.18. The Balaban J connectivity index is 2.43. The van der Waals surface area contributed by atoms with E-state index in [0.29, 0.717) is 19.6 Å². The van der Waals surface area contributed by atoms with Gasteiger partial charge in [-0.25, -0.2) is 8.42 Å². The van der Waals surface area contributed by atoms with E-state index in [4.69, 9.17) is 4.74 Å². The Labute approximate surface area is 179 Å². The number of rotatable bonds is 12. The van der Waals surface area contributed by atoms with Crippen molar-refractivity contribution in [2.24, 2.45) is 0 Å². The molecule has 0 fully saturated rings. The molecule has 1 aromatic rings. The molecule has 0 spiro atoms. The number of ether oxygens (including phenoxy) is 1. The number of sulfone groups is 1. The molecule has 1 rings (SSSR count). The first-order valence-corrected chi connectivity index (χ1v) is 11.7. The van der Waals surface area contributed by atoms with E-state index < -0.39 is 9.84 Å². The van der Waals surface area contributed by atoms with Crippen molar-refractivity contribution in [1.82, 2.24) is 4.90 Å². The van der Waals surface area contributed by atoms with Crippen molar-refractivity contribution in [3.8, 4) is 5.75 Å². The third-order valence-corrected chi connectivity index (χ3v) is 5.00. The highest BCUT2D eigenvalue weighted by Crippen LogP contribution is 2.14. The van der Waals surface area contributed by atoms with Gasteiger partial charge in [-0.15, -0.1) is 0 Å². The molecule has 0 saturated heterocycles. The van der Waals surface area contributed by atoms with E-state index >= 15 is 0 Å². The van der Waals surface area contributed by atoms with Crippen LogP contribution in [0.3, 0.4) is 0 Å². The van der Waals surface area contributed by atoms with E-state index in [-0.39, 0.29) is 5.91 Å². The Kier molecular flexibility index (Phi) is 10.8. The number of nitrogens with zero attached hydrogens (tertiary/aromatic N) is 1. The predicted octanol–water partition coefficient (Wildman–Crippen LogP) is 3.50. The Bertz CT molecular complexity index is 896. The summed E-state index contributed by atoms with van der Waals surface area (Å²) in [4.78, 5) is 23.9. The first kappa shape index (κ1) is 25.4. The maximum absolute atomic E-state index is 11.9. The zero-order valence-electron chi connectivity index (χ0n) is 18.1. The molecule has 0 bridgehead atoms. The van der Waals surface area contributed by atoms with Crippen LogP contribution in [0.15, 0.2) is 59.0 Å². The third-order valence-electron chi connectivity index (χ3n) is 4.37. The van der Waals surface area contributed by atoms with Gasteiger partial charge in [0.15, 0.2) is 9.84 Å². The summed E-state index contributed by atoms with van der Waals surface area (Å²) in [6, 6.07) is 7.67. The molecular weight excluding hydrogens is 402 g/mol. The highest BCUT2D eigenvalue weighted by atomic mass is 32.2. The maximum Gasteiger partial charge on any atom is 0.247 e. The highest BCUT2D eigenvalue weighted by molar-refractivity contribution is 7.93. The molecule has 0 aliphatic carbocycles. The van der Waals surface area contributed by atoms with Crippen LogP contribution in [0.25, 0.3) is 0 Å². The average molecular weight is 434 g/mol. The largest absolute Gasteiger partial charge is 0.490 e. The number of benzene rings is 1. The summed E-state index contributed by atoms with van der Waals surface area (Å²) in [5.41, 5.74) is 3.01. The molecule has 0 aliphatic rings. The van der Waals surface area contributed by atoms with Crippen molar-refractivity contribution in [2.75, 3.05) is 26.5 Å². The number of carbonyl (C=O) groups is 2.